The van der Waals surface area contributed by atoms with Gasteiger partial charge in [-0.1, -0.05) is 32.9 Å². The molecular formula is C14H20F3NS. The molecule has 1 rings (SSSR count). The topological polar surface area (TPSA) is 26.0 Å². The second kappa shape index (κ2) is 6.66. The predicted octanol–water partition coefficient (Wildman–Crippen LogP) is 4.48. The van der Waals surface area contributed by atoms with E-state index < -0.39 is 11.7 Å². The number of hydrogen-bond acceptors (Lipinski definition) is 2. The molecule has 108 valence electrons. The average molecular weight is 291 g/mol. The summed E-state index contributed by atoms with van der Waals surface area (Å²) in [5, 5.41) is 0.442. The summed E-state index contributed by atoms with van der Waals surface area (Å²) in [4.78, 5) is 0. The molecule has 1 aromatic carbocycles. The van der Waals surface area contributed by atoms with Crippen LogP contribution in [-0.4, -0.2) is 11.0 Å². The minimum Gasteiger partial charge on any atom is -0.323 e. The molecular weight excluding hydrogens is 271 g/mol. The molecule has 0 aromatic heterocycles. The van der Waals surface area contributed by atoms with E-state index in [1.54, 1.807) is 17.8 Å². The van der Waals surface area contributed by atoms with Crippen molar-refractivity contribution in [2.45, 2.75) is 38.2 Å². The maximum absolute atomic E-state index is 12.6. The van der Waals surface area contributed by atoms with E-state index in [2.05, 4.69) is 20.8 Å². The maximum atomic E-state index is 12.6. The van der Waals surface area contributed by atoms with E-state index in [-0.39, 0.29) is 6.04 Å². The number of halogens is 3. The smallest absolute Gasteiger partial charge is 0.323 e. The van der Waals surface area contributed by atoms with Crippen LogP contribution >= 0.6 is 11.8 Å². The highest BCUT2D eigenvalue weighted by atomic mass is 32.2. The third kappa shape index (κ3) is 5.07. The zero-order valence-electron chi connectivity index (χ0n) is 11.4. The first-order valence-corrected chi connectivity index (χ1v) is 7.31. The minimum absolute atomic E-state index is 0.367. The van der Waals surface area contributed by atoms with Gasteiger partial charge in [0.1, 0.15) is 0 Å². The van der Waals surface area contributed by atoms with Crippen molar-refractivity contribution in [3.05, 3.63) is 35.4 Å². The van der Waals surface area contributed by atoms with Crippen molar-refractivity contribution in [1.82, 2.24) is 0 Å². The van der Waals surface area contributed by atoms with Crippen LogP contribution < -0.4 is 5.73 Å². The van der Waals surface area contributed by atoms with Gasteiger partial charge in [-0.15, -0.1) is 0 Å². The number of benzene rings is 1. The maximum Gasteiger partial charge on any atom is 0.416 e. The van der Waals surface area contributed by atoms with Crippen molar-refractivity contribution in [3.8, 4) is 0 Å². The summed E-state index contributed by atoms with van der Waals surface area (Å²) >= 11 is 1.69. The average Bonchev–Trinajstić information content (AvgIpc) is 2.34. The fraction of sp³-hybridized carbons (Fsp3) is 0.571. The monoisotopic (exact) mass is 291 g/mol. The van der Waals surface area contributed by atoms with Gasteiger partial charge in [0.25, 0.3) is 0 Å². The Balaban J connectivity index is 2.70. The zero-order valence-corrected chi connectivity index (χ0v) is 12.2. The van der Waals surface area contributed by atoms with Crippen LogP contribution in [0, 0.1) is 5.92 Å². The second-order valence-corrected chi connectivity index (χ2v) is 6.42. The standard InChI is InChI=1S/C14H20F3NS/c1-9(2)10(3)19-8-13(18)11-5-4-6-12(7-11)14(15,16)17/h4-7,9-10,13H,8,18H2,1-3H3. The number of thioether (sulfide) groups is 1. The van der Waals surface area contributed by atoms with Gasteiger partial charge in [0.05, 0.1) is 5.56 Å². The van der Waals surface area contributed by atoms with Crippen molar-refractivity contribution in [1.29, 1.82) is 0 Å². The highest BCUT2D eigenvalue weighted by Gasteiger charge is 2.30. The van der Waals surface area contributed by atoms with Crippen LogP contribution in [0.4, 0.5) is 13.2 Å². The molecule has 0 bridgehead atoms. The Bertz CT molecular complexity index is 404. The molecule has 19 heavy (non-hydrogen) atoms. The first-order valence-electron chi connectivity index (χ1n) is 6.26. The molecule has 1 nitrogen and oxygen atoms in total. The summed E-state index contributed by atoms with van der Waals surface area (Å²) < 4.78 is 37.8. The number of rotatable bonds is 5. The summed E-state index contributed by atoms with van der Waals surface area (Å²) in [7, 11) is 0. The van der Waals surface area contributed by atoms with Crippen LogP contribution in [0.15, 0.2) is 24.3 Å². The fourth-order valence-corrected chi connectivity index (χ4v) is 2.58. The van der Waals surface area contributed by atoms with Crippen LogP contribution in [0.3, 0.4) is 0 Å². The lowest BCUT2D eigenvalue weighted by Crippen LogP contribution is -2.17. The van der Waals surface area contributed by atoms with E-state index >= 15 is 0 Å². The lowest BCUT2D eigenvalue weighted by molar-refractivity contribution is -0.137. The number of hydrogen-bond donors (Lipinski definition) is 1. The normalized spacial score (nSPS) is 15.6. The Morgan fingerprint density at radius 1 is 1.21 bits per heavy atom. The van der Waals surface area contributed by atoms with Crippen LogP contribution in [0.5, 0.6) is 0 Å². The molecule has 2 N–H and O–H groups in total. The van der Waals surface area contributed by atoms with E-state index in [1.165, 1.54) is 6.07 Å². The molecule has 0 aliphatic carbocycles. The highest BCUT2D eigenvalue weighted by molar-refractivity contribution is 7.99. The van der Waals surface area contributed by atoms with Crippen LogP contribution in [0.25, 0.3) is 0 Å². The predicted molar refractivity (Wildman–Crippen MR) is 75.1 cm³/mol. The molecule has 0 saturated carbocycles. The SMILES string of the molecule is CC(C)C(C)SCC(N)c1cccc(C(F)(F)F)c1. The minimum atomic E-state index is -4.31. The van der Waals surface area contributed by atoms with Gasteiger partial charge in [-0.2, -0.15) is 24.9 Å². The molecule has 0 radical (unpaired) electrons. The molecule has 0 fully saturated rings. The molecule has 0 amide bonds. The van der Waals surface area contributed by atoms with Crippen LogP contribution in [-0.2, 0) is 6.18 Å². The molecule has 0 aliphatic rings. The quantitative estimate of drug-likeness (QED) is 0.865. The second-order valence-electron chi connectivity index (χ2n) is 5.01. The number of nitrogens with two attached hydrogens (primary N) is 1. The van der Waals surface area contributed by atoms with Gasteiger partial charge < -0.3 is 5.73 Å². The van der Waals surface area contributed by atoms with Gasteiger partial charge in [-0.25, -0.2) is 0 Å². The van der Waals surface area contributed by atoms with Gasteiger partial charge in [-0.3, -0.25) is 0 Å². The van der Waals surface area contributed by atoms with E-state index in [9.17, 15) is 13.2 Å². The largest absolute Gasteiger partial charge is 0.416 e. The molecule has 2 atom stereocenters. The third-order valence-corrected chi connectivity index (χ3v) is 4.74. The van der Waals surface area contributed by atoms with E-state index in [0.717, 1.165) is 12.1 Å². The first-order chi connectivity index (χ1) is 8.71. The fourth-order valence-electron chi connectivity index (χ4n) is 1.49. The summed E-state index contributed by atoms with van der Waals surface area (Å²) in [6.07, 6.45) is -4.31. The van der Waals surface area contributed by atoms with Crippen molar-refractivity contribution in [3.63, 3.8) is 0 Å². The van der Waals surface area contributed by atoms with Crippen molar-refractivity contribution in [2.75, 3.05) is 5.75 Å². The summed E-state index contributed by atoms with van der Waals surface area (Å²) in [5.41, 5.74) is 5.87. The van der Waals surface area contributed by atoms with Crippen molar-refractivity contribution in [2.24, 2.45) is 11.7 Å². The van der Waals surface area contributed by atoms with E-state index in [4.69, 9.17) is 5.73 Å². The van der Waals surface area contributed by atoms with Crippen molar-refractivity contribution >= 4 is 11.8 Å². The zero-order chi connectivity index (χ0) is 14.6. The Morgan fingerprint density at radius 3 is 2.37 bits per heavy atom. The molecule has 1 aromatic rings. The van der Waals surface area contributed by atoms with Gasteiger partial charge in [0, 0.05) is 17.0 Å². The van der Waals surface area contributed by atoms with Crippen LogP contribution in [0.2, 0.25) is 0 Å². The lowest BCUT2D eigenvalue weighted by atomic mass is 10.1. The van der Waals surface area contributed by atoms with Gasteiger partial charge in [0.2, 0.25) is 0 Å². The Labute approximate surface area is 116 Å². The van der Waals surface area contributed by atoms with Gasteiger partial charge in [-0.05, 0) is 23.6 Å². The summed E-state index contributed by atoms with van der Waals surface area (Å²) in [6.45, 7) is 6.34. The summed E-state index contributed by atoms with van der Waals surface area (Å²) in [5.74, 6) is 1.15. The molecule has 5 heteroatoms. The van der Waals surface area contributed by atoms with Crippen molar-refractivity contribution < 1.29 is 13.2 Å². The van der Waals surface area contributed by atoms with E-state index in [0.29, 0.717) is 22.5 Å². The molecule has 0 saturated heterocycles. The molecule has 2 unspecified atom stereocenters. The third-order valence-electron chi connectivity index (χ3n) is 3.12. The Hall–Kier alpha value is -0.680. The first kappa shape index (κ1) is 16.4. The summed E-state index contributed by atoms with van der Waals surface area (Å²) in [6, 6.07) is 4.91. The highest BCUT2D eigenvalue weighted by Crippen LogP contribution is 2.31. The molecule has 0 spiro atoms. The lowest BCUT2D eigenvalue weighted by Gasteiger charge is -2.19. The molecule has 0 aliphatic heterocycles. The molecule has 0 heterocycles. The van der Waals surface area contributed by atoms with Gasteiger partial charge >= 0.3 is 6.18 Å². The Morgan fingerprint density at radius 2 is 1.84 bits per heavy atom. The Kier molecular flexibility index (Phi) is 5.74. The van der Waals surface area contributed by atoms with Gasteiger partial charge in [0.15, 0.2) is 0 Å². The number of alkyl halides is 3. The van der Waals surface area contributed by atoms with E-state index in [1.807, 2.05) is 0 Å². The van der Waals surface area contributed by atoms with Crippen LogP contribution in [0.1, 0.15) is 37.9 Å².